The fourth-order valence-corrected chi connectivity index (χ4v) is 8.98. The van der Waals surface area contributed by atoms with E-state index in [4.69, 9.17) is 9.72 Å². The number of aliphatic carboxylic acids is 1. The molecule has 1 N–H and O–H groups in total. The number of hydrogen-bond donors (Lipinski definition) is 1. The molecule has 3 atom stereocenters. The molecule has 0 amide bonds. The Balaban J connectivity index is 1.34. The lowest BCUT2D eigenvalue weighted by Crippen LogP contribution is -2.50. The highest BCUT2D eigenvalue weighted by molar-refractivity contribution is 5.87. The highest BCUT2D eigenvalue weighted by Gasteiger charge is 2.52. The van der Waals surface area contributed by atoms with E-state index in [0.717, 1.165) is 60.2 Å². The van der Waals surface area contributed by atoms with Crippen molar-refractivity contribution in [2.24, 2.45) is 11.3 Å². The Morgan fingerprint density at radius 2 is 1.84 bits per heavy atom. The third-order valence-corrected chi connectivity index (χ3v) is 11.3. The van der Waals surface area contributed by atoms with Gasteiger partial charge in [0.15, 0.2) is 6.61 Å². The van der Waals surface area contributed by atoms with Gasteiger partial charge in [-0.1, -0.05) is 82.6 Å². The van der Waals surface area contributed by atoms with Gasteiger partial charge < -0.3 is 14.4 Å². The number of para-hydroxylation sites is 1. The van der Waals surface area contributed by atoms with Crippen LogP contribution in [0.2, 0.25) is 0 Å². The number of rotatable bonds is 9. The summed E-state index contributed by atoms with van der Waals surface area (Å²) >= 11 is 0. The van der Waals surface area contributed by atoms with Crippen LogP contribution in [0.5, 0.6) is 5.75 Å². The summed E-state index contributed by atoms with van der Waals surface area (Å²) in [6.07, 6.45) is 5.61. The van der Waals surface area contributed by atoms with Crippen LogP contribution in [0, 0.1) is 21.4 Å². The van der Waals surface area contributed by atoms with Gasteiger partial charge in [-0.05, 0) is 101 Å². The molecule has 2 aliphatic rings. The molecule has 5 aromatic rings. The highest BCUT2D eigenvalue weighted by atomic mass is 16.6. The summed E-state index contributed by atoms with van der Waals surface area (Å²) in [5, 5.41) is 21.1. The summed E-state index contributed by atoms with van der Waals surface area (Å²) in [7, 11) is 0. The quantitative estimate of drug-likeness (QED) is 0.125. The number of benzene rings is 4. The number of aryl methyl sites for hydroxylation is 1. The zero-order valence-corrected chi connectivity index (χ0v) is 28.6. The van der Waals surface area contributed by atoms with Crippen molar-refractivity contribution in [1.29, 1.82) is 0 Å². The Morgan fingerprint density at radius 3 is 2.61 bits per heavy atom. The molecule has 252 valence electrons. The first-order chi connectivity index (χ1) is 23.5. The molecule has 7 rings (SSSR count). The van der Waals surface area contributed by atoms with Gasteiger partial charge in [0.2, 0.25) is 0 Å². The van der Waals surface area contributed by atoms with Gasteiger partial charge in [0.25, 0.3) is 5.69 Å². The predicted octanol–water partition coefficient (Wildman–Crippen LogP) is 9.58. The number of carboxylic acid groups (broad SMARTS) is 1. The Labute approximate surface area is 286 Å². The van der Waals surface area contributed by atoms with Crippen LogP contribution >= 0.6 is 0 Å². The second-order valence-electron chi connectivity index (χ2n) is 14.8. The Kier molecular flexibility index (Phi) is 8.29. The monoisotopic (exact) mass is 657 g/mol. The van der Waals surface area contributed by atoms with Crippen LogP contribution < -0.4 is 4.74 Å². The summed E-state index contributed by atoms with van der Waals surface area (Å²) in [6.45, 7) is 9.78. The lowest BCUT2D eigenvalue weighted by atomic mass is 9.49. The van der Waals surface area contributed by atoms with Crippen molar-refractivity contribution in [3.8, 4) is 28.3 Å². The molecule has 4 aromatic carbocycles. The molecule has 0 unspecified atom stereocenters. The molecule has 8 nitrogen and oxygen atoms in total. The van der Waals surface area contributed by atoms with Gasteiger partial charge in [-0.25, -0.2) is 9.78 Å². The number of aromatic nitrogens is 2. The molecule has 49 heavy (non-hydrogen) atoms. The molecule has 1 saturated carbocycles. The topological polar surface area (TPSA) is 107 Å². The lowest BCUT2D eigenvalue weighted by molar-refractivity contribution is -0.384. The number of nitro groups is 1. The van der Waals surface area contributed by atoms with Crippen molar-refractivity contribution in [2.45, 2.75) is 77.7 Å². The van der Waals surface area contributed by atoms with E-state index in [9.17, 15) is 20.0 Å². The van der Waals surface area contributed by atoms with Crippen LogP contribution in [0.4, 0.5) is 5.69 Å². The third-order valence-electron chi connectivity index (χ3n) is 11.3. The summed E-state index contributed by atoms with van der Waals surface area (Å²) in [6, 6.07) is 27.4. The molecular formula is C41H43N3O5. The molecule has 2 aliphatic carbocycles. The van der Waals surface area contributed by atoms with E-state index in [0.29, 0.717) is 23.1 Å². The van der Waals surface area contributed by atoms with Gasteiger partial charge in [0.1, 0.15) is 11.6 Å². The first-order valence-corrected chi connectivity index (χ1v) is 17.3. The zero-order chi connectivity index (χ0) is 34.5. The average molecular weight is 658 g/mol. The smallest absolute Gasteiger partial charge is 0.341 e. The second kappa shape index (κ2) is 12.5. The largest absolute Gasteiger partial charge is 0.482 e. The highest BCUT2D eigenvalue weighted by Crippen LogP contribution is 2.58. The van der Waals surface area contributed by atoms with Gasteiger partial charge in [-0.15, -0.1) is 0 Å². The Bertz CT molecular complexity index is 2080. The van der Waals surface area contributed by atoms with Gasteiger partial charge in [0.05, 0.1) is 21.5 Å². The average Bonchev–Trinajstić information content (AvgIpc) is 3.44. The van der Waals surface area contributed by atoms with Crippen LogP contribution in [0.3, 0.4) is 0 Å². The second-order valence-corrected chi connectivity index (χ2v) is 14.8. The molecule has 0 saturated heterocycles. The van der Waals surface area contributed by atoms with E-state index >= 15 is 0 Å². The van der Waals surface area contributed by atoms with E-state index in [2.05, 4.69) is 50.5 Å². The van der Waals surface area contributed by atoms with Crippen molar-refractivity contribution in [3.63, 3.8) is 0 Å². The van der Waals surface area contributed by atoms with Crippen LogP contribution in [-0.2, 0) is 23.2 Å². The number of imidazole rings is 1. The standard InChI is InChI=1S/C41H43N3O5/c1-26(2)27-13-16-33-29(21-27)15-18-37-40(3,19-8-20-41(33,37)4)25-43-36-17-14-28(32-11-5-6-12-35(32)44(47)48)23-34(36)42-39(43)30-9-7-10-31(22-30)49-24-38(45)46/h5-7,9-14,16-17,21-23,26,37H,8,15,18-20,24-25H2,1-4H3,(H,45,46)/t37-,40+,41+/m0/s1. The zero-order valence-electron chi connectivity index (χ0n) is 28.6. The molecule has 1 fully saturated rings. The number of nitro benzene ring substituents is 1. The minimum Gasteiger partial charge on any atom is -0.482 e. The van der Waals surface area contributed by atoms with E-state index < -0.39 is 12.6 Å². The fourth-order valence-electron chi connectivity index (χ4n) is 8.98. The van der Waals surface area contributed by atoms with Crippen LogP contribution in [0.25, 0.3) is 33.5 Å². The van der Waals surface area contributed by atoms with Crippen molar-refractivity contribution in [3.05, 3.63) is 112 Å². The normalized spacial score (nSPS) is 21.7. The van der Waals surface area contributed by atoms with Gasteiger partial charge in [-0.3, -0.25) is 10.1 Å². The van der Waals surface area contributed by atoms with Gasteiger partial charge in [0, 0.05) is 18.2 Å². The molecule has 1 aromatic heterocycles. The molecule has 0 aliphatic heterocycles. The van der Waals surface area contributed by atoms with Gasteiger partial charge >= 0.3 is 5.97 Å². The molecular weight excluding hydrogens is 614 g/mol. The number of fused-ring (bicyclic) bond motifs is 4. The lowest BCUT2D eigenvalue weighted by Gasteiger charge is -2.56. The number of nitrogens with zero attached hydrogens (tertiary/aromatic N) is 3. The first-order valence-electron chi connectivity index (χ1n) is 17.3. The third kappa shape index (κ3) is 5.87. The number of carbonyl (C=O) groups is 1. The summed E-state index contributed by atoms with van der Waals surface area (Å²) in [5.41, 5.74) is 8.32. The first kappa shape index (κ1) is 32.6. The fraction of sp³-hybridized carbons (Fsp3) is 0.366. The van der Waals surface area contributed by atoms with Crippen LogP contribution in [0.1, 0.15) is 76.0 Å². The van der Waals surface area contributed by atoms with Crippen LogP contribution in [-0.4, -0.2) is 32.2 Å². The van der Waals surface area contributed by atoms with Gasteiger partial charge in [-0.2, -0.15) is 0 Å². The summed E-state index contributed by atoms with van der Waals surface area (Å²) in [4.78, 5) is 28.0. The van der Waals surface area contributed by atoms with Crippen molar-refractivity contribution < 1.29 is 19.6 Å². The number of carboxylic acids is 1. The Morgan fingerprint density at radius 1 is 1.02 bits per heavy atom. The number of hydrogen-bond acceptors (Lipinski definition) is 5. The van der Waals surface area contributed by atoms with E-state index in [1.54, 1.807) is 18.2 Å². The molecule has 0 bridgehead atoms. The minimum atomic E-state index is -1.04. The maximum absolute atomic E-state index is 11.9. The van der Waals surface area contributed by atoms with E-state index in [-0.39, 0.29) is 21.4 Å². The predicted molar refractivity (Wildman–Crippen MR) is 192 cm³/mol. The minimum absolute atomic E-state index is 0.0297. The summed E-state index contributed by atoms with van der Waals surface area (Å²) < 4.78 is 7.88. The molecule has 0 radical (unpaired) electrons. The van der Waals surface area contributed by atoms with Crippen molar-refractivity contribution in [1.82, 2.24) is 9.55 Å². The van der Waals surface area contributed by atoms with E-state index in [1.807, 2.05) is 42.5 Å². The molecule has 8 heteroatoms. The maximum Gasteiger partial charge on any atom is 0.341 e. The van der Waals surface area contributed by atoms with Crippen molar-refractivity contribution >= 4 is 22.7 Å². The molecule has 0 spiro atoms. The van der Waals surface area contributed by atoms with Crippen LogP contribution in [0.15, 0.2) is 84.9 Å². The maximum atomic E-state index is 11.9. The Hall–Kier alpha value is -4.98. The summed E-state index contributed by atoms with van der Waals surface area (Å²) in [5.74, 6) is 1.15. The molecule has 1 heterocycles. The SMILES string of the molecule is CC(C)c1ccc2c(c1)CC[C@H]1[C@@](C)(Cn3c(-c4cccc(OCC(=O)O)c4)nc4cc(-c5ccccc5[N+](=O)[O-])ccc43)CCC[C@]21C. The van der Waals surface area contributed by atoms with Crippen molar-refractivity contribution in [2.75, 3.05) is 6.61 Å². The number of ether oxygens (including phenoxy) is 1. The van der Waals surface area contributed by atoms with E-state index in [1.165, 1.54) is 29.2 Å².